The number of carbonyl (C=O) groups excluding carboxylic acids is 1. The Morgan fingerprint density at radius 3 is 2.47 bits per heavy atom. The van der Waals surface area contributed by atoms with Gasteiger partial charge in [0.25, 0.3) is 5.91 Å². The normalized spacial score (nSPS) is 11.3. The summed E-state index contributed by atoms with van der Waals surface area (Å²) in [4.78, 5) is 51.0. The maximum Gasteiger partial charge on any atom is 0.328 e. The maximum absolute atomic E-state index is 13.2. The first-order valence-corrected chi connectivity index (χ1v) is 13.2. The molecule has 43 heavy (non-hydrogen) atoms. The Balaban J connectivity index is 0.000000782. The van der Waals surface area contributed by atoms with Gasteiger partial charge < -0.3 is 25.6 Å². The summed E-state index contributed by atoms with van der Waals surface area (Å²) in [5, 5.41) is 16.3. The van der Waals surface area contributed by atoms with E-state index in [2.05, 4.69) is 47.1 Å². The van der Waals surface area contributed by atoms with E-state index in [1.807, 2.05) is 36.4 Å². The smallest absolute Gasteiger partial charge is 0.328 e. The second-order valence-corrected chi connectivity index (χ2v) is 9.00. The molecule has 3 aromatic heterocycles. The first kappa shape index (κ1) is 30.1. The number of carboxylic acid groups (broad SMARTS) is 1. The van der Waals surface area contributed by atoms with Crippen LogP contribution in [0.15, 0.2) is 103 Å². The van der Waals surface area contributed by atoms with Gasteiger partial charge in [0.15, 0.2) is 0 Å². The molecule has 218 valence electrons. The van der Waals surface area contributed by atoms with E-state index in [0.717, 1.165) is 16.6 Å². The second-order valence-electron chi connectivity index (χ2n) is 9.00. The molecule has 5 aromatic rings. The Hall–Kier alpha value is -5.91. The van der Waals surface area contributed by atoms with Crippen molar-refractivity contribution >= 4 is 46.6 Å². The number of hydrogen-bond donors (Lipinski definition) is 4. The number of nitrogens with one attached hydrogen (secondary N) is 3. The molecular weight excluding hydrogens is 546 g/mol. The molecule has 4 N–H and O–H groups in total. The lowest BCUT2D eigenvalue weighted by molar-refractivity contribution is -0.138. The number of fused-ring (bicyclic) bond motifs is 1. The van der Waals surface area contributed by atoms with Crippen LogP contribution in [-0.2, 0) is 4.79 Å². The summed E-state index contributed by atoms with van der Waals surface area (Å²) in [6, 6.07) is 18.4. The lowest BCUT2D eigenvalue weighted by Crippen LogP contribution is -2.47. The van der Waals surface area contributed by atoms with E-state index >= 15 is 0 Å². The standard InChI is InChI=1S/C27H24N8O3.C4H7N/c1-28-26-29-13-10-21(34-26)22-15-18-14-17(8-9-20(18)32-22)24(36)33-23(25(37)38)16-35(19-6-3-2-4-7-19)27-30-11-5-12-31-27;1-3-4-5-2/h2-15,23,32H,16H2,1H3,(H,33,36)(H,37,38)(H,28,29,34);3-4H,1H2,2H3. The minimum absolute atomic E-state index is 0.0762. The zero-order valence-corrected chi connectivity index (χ0v) is 23.7. The van der Waals surface area contributed by atoms with Crippen LogP contribution >= 0.6 is 0 Å². The molecular formula is C31H31N9O3. The van der Waals surface area contributed by atoms with E-state index in [0.29, 0.717) is 28.8 Å². The number of amides is 1. The number of aromatic amines is 1. The fraction of sp³-hybridized carbons (Fsp3) is 0.129. The summed E-state index contributed by atoms with van der Waals surface area (Å²) in [5.41, 5.74) is 3.30. The first-order valence-electron chi connectivity index (χ1n) is 13.2. The number of aromatic nitrogens is 5. The molecule has 0 aliphatic heterocycles. The number of H-pyrrole nitrogens is 1. The molecule has 0 fully saturated rings. The van der Waals surface area contributed by atoms with E-state index in [-0.39, 0.29) is 6.54 Å². The zero-order valence-electron chi connectivity index (χ0n) is 23.7. The van der Waals surface area contributed by atoms with E-state index < -0.39 is 17.9 Å². The van der Waals surface area contributed by atoms with Crippen molar-refractivity contribution in [2.24, 2.45) is 4.99 Å². The number of para-hydroxylation sites is 1. The lowest BCUT2D eigenvalue weighted by Gasteiger charge is -2.26. The molecule has 0 aliphatic rings. The quantitative estimate of drug-likeness (QED) is 0.177. The van der Waals surface area contributed by atoms with Gasteiger partial charge in [0, 0.05) is 61.1 Å². The highest BCUT2D eigenvalue weighted by molar-refractivity contribution is 6.00. The summed E-state index contributed by atoms with van der Waals surface area (Å²) in [5.74, 6) is -0.870. The number of aliphatic carboxylic acids is 1. The van der Waals surface area contributed by atoms with Gasteiger partial charge >= 0.3 is 5.97 Å². The van der Waals surface area contributed by atoms with E-state index in [1.54, 1.807) is 80.2 Å². The SMILES string of the molecule is C=CC=NC.CNc1nccc(-c2cc3cc(C(=O)NC(CN(c4ccccc4)c4ncccn4)C(=O)O)ccc3[nH]2)n1. The average molecular weight is 578 g/mol. The zero-order chi connectivity index (χ0) is 30.6. The Morgan fingerprint density at radius 2 is 1.81 bits per heavy atom. The van der Waals surface area contributed by atoms with Gasteiger partial charge in [0.05, 0.1) is 17.9 Å². The molecule has 1 atom stereocenters. The van der Waals surface area contributed by atoms with Gasteiger partial charge in [-0.25, -0.2) is 24.7 Å². The number of aliphatic imine (C=N–C) groups is 1. The Morgan fingerprint density at radius 1 is 1.05 bits per heavy atom. The topological polar surface area (TPSA) is 161 Å². The highest BCUT2D eigenvalue weighted by Crippen LogP contribution is 2.25. The highest BCUT2D eigenvalue weighted by Gasteiger charge is 2.26. The number of nitrogens with zero attached hydrogens (tertiary/aromatic N) is 6. The lowest BCUT2D eigenvalue weighted by atomic mass is 10.1. The van der Waals surface area contributed by atoms with Crippen LogP contribution in [0.3, 0.4) is 0 Å². The average Bonchev–Trinajstić information content (AvgIpc) is 3.48. The number of rotatable bonds is 10. The predicted octanol–water partition coefficient (Wildman–Crippen LogP) is 4.35. The minimum atomic E-state index is -1.23. The molecule has 5 rings (SSSR count). The van der Waals surface area contributed by atoms with Gasteiger partial charge in [0.1, 0.15) is 6.04 Å². The van der Waals surface area contributed by atoms with Gasteiger partial charge in [-0.05, 0) is 48.5 Å². The molecule has 0 saturated heterocycles. The third-order valence-corrected chi connectivity index (χ3v) is 6.12. The predicted molar refractivity (Wildman–Crippen MR) is 168 cm³/mol. The molecule has 1 amide bonds. The van der Waals surface area contributed by atoms with Crippen LogP contribution in [-0.4, -0.2) is 74.8 Å². The molecule has 0 saturated carbocycles. The fourth-order valence-electron chi connectivity index (χ4n) is 4.10. The van der Waals surface area contributed by atoms with Crippen LogP contribution in [0.2, 0.25) is 0 Å². The van der Waals surface area contributed by atoms with Crippen LogP contribution in [0.1, 0.15) is 10.4 Å². The fourth-order valence-corrected chi connectivity index (χ4v) is 4.10. The van der Waals surface area contributed by atoms with Crippen molar-refractivity contribution in [2.75, 3.05) is 30.9 Å². The largest absolute Gasteiger partial charge is 0.480 e. The number of allylic oxidation sites excluding steroid dienone is 1. The molecule has 0 aliphatic carbocycles. The third kappa shape index (κ3) is 7.85. The van der Waals surface area contributed by atoms with Crippen molar-refractivity contribution in [3.8, 4) is 11.4 Å². The van der Waals surface area contributed by atoms with Crippen molar-refractivity contribution in [1.82, 2.24) is 30.2 Å². The van der Waals surface area contributed by atoms with Gasteiger partial charge in [-0.15, -0.1) is 0 Å². The number of anilines is 3. The molecule has 3 heterocycles. The van der Waals surface area contributed by atoms with Crippen molar-refractivity contribution in [1.29, 1.82) is 0 Å². The van der Waals surface area contributed by atoms with Gasteiger partial charge in [-0.3, -0.25) is 9.79 Å². The van der Waals surface area contributed by atoms with E-state index in [1.165, 1.54) is 0 Å². The summed E-state index contributed by atoms with van der Waals surface area (Å²) < 4.78 is 0. The molecule has 0 radical (unpaired) electrons. The van der Waals surface area contributed by atoms with Crippen LogP contribution in [0, 0.1) is 0 Å². The number of carboxylic acids is 1. The highest BCUT2D eigenvalue weighted by atomic mass is 16.4. The number of carbonyl (C=O) groups is 2. The first-order chi connectivity index (χ1) is 20.9. The molecule has 2 aromatic carbocycles. The van der Waals surface area contributed by atoms with Crippen molar-refractivity contribution in [2.45, 2.75) is 6.04 Å². The Kier molecular flexibility index (Phi) is 10.2. The summed E-state index contributed by atoms with van der Waals surface area (Å²) in [7, 11) is 3.45. The molecule has 12 nitrogen and oxygen atoms in total. The van der Waals surface area contributed by atoms with Crippen molar-refractivity contribution in [3.63, 3.8) is 0 Å². The maximum atomic E-state index is 13.2. The van der Waals surface area contributed by atoms with Gasteiger partial charge in [-0.2, -0.15) is 0 Å². The Labute approximate surface area is 248 Å². The van der Waals surface area contributed by atoms with E-state index in [9.17, 15) is 14.7 Å². The minimum Gasteiger partial charge on any atom is -0.480 e. The molecule has 1 unspecified atom stereocenters. The molecule has 12 heteroatoms. The van der Waals surface area contributed by atoms with Crippen LogP contribution < -0.4 is 15.5 Å². The van der Waals surface area contributed by atoms with Crippen molar-refractivity contribution < 1.29 is 14.7 Å². The van der Waals surface area contributed by atoms with Crippen molar-refractivity contribution in [3.05, 3.63) is 104 Å². The summed E-state index contributed by atoms with van der Waals surface area (Å²) in [6.07, 6.45) is 8.09. The molecule has 0 bridgehead atoms. The van der Waals surface area contributed by atoms with E-state index in [4.69, 9.17) is 0 Å². The summed E-state index contributed by atoms with van der Waals surface area (Å²) in [6.45, 7) is 3.32. The van der Waals surface area contributed by atoms with Crippen LogP contribution in [0.25, 0.3) is 22.3 Å². The Bertz CT molecular complexity index is 1670. The van der Waals surface area contributed by atoms with Gasteiger partial charge in [-0.1, -0.05) is 30.9 Å². The van der Waals surface area contributed by atoms with Crippen LogP contribution in [0.4, 0.5) is 17.6 Å². The second kappa shape index (κ2) is 14.6. The third-order valence-electron chi connectivity index (χ3n) is 6.12. The molecule has 0 spiro atoms. The number of hydrogen-bond acceptors (Lipinski definition) is 9. The monoisotopic (exact) mass is 577 g/mol. The number of benzene rings is 2. The van der Waals surface area contributed by atoms with Crippen LogP contribution in [0.5, 0.6) is 0 Å². The van der Waals surface area contributed by atoms with Gasteiger partial charge in [0.2, 0.25) is 11.9 Å². The summed E-state index contributed by atoms with van der Waals surface area (Å²) >= 11 is 0.